The topological polar surface area (TPSA) is 43.4 Å². The van der Waals surface area contributed by atoms with Crippen LogP contribution in [0.3, 0.4) is 0 Å². The Labute approximate surface area is 53.0 Å². The van der Waals surface area contributed by atoms with Crippen molar-refractivity contribution in [2.75, 3.05) is 6.61 Å². The van der Waals surface area contributed by atoms with Gasteiger partial charge in [-0.1, -0.05) is 0 Å². The summed E-state index contributed by atoms with van der Waals surface area (Å²) in [5.74, 6) is -0.685. The first-order valence-corrected chi connectivity index (χ1v) is 2.90. The van der Waals surface area contributed by atoms with E-state index in [2.05, 4.69) is 0 Å². The maximum absolute atomic E-state index is 10.7. The summed E-state index contributed by atoms with van der Waals surface area (Å²) in [6.07, 6.45) is -0.255. The van der Waals surface area contributed by atoms with Crippen LogP contribution in [-0.4, -0.2) is 24.3 Å². The van der Waals surface area contributed by atoms with Crippen LogP contribution in [0.2, 0.25) is 0 Å². The van der Waals surface area contributed by atoms with Gasteiger partial charge in [-0.05, 0) is 6.92 Å². The number of Topliss-reactive ketones (excluding diaryl/α,β-unsaturated/α-hetero) is 2. The molecule has 0 amide bonds. The van der Waals surface area contributed by atoms with Crippen molar-refractivity contribution in [3.8, 4) is 0 Å². The third-order valence-electron chi connectivity index (χ3n) is 1.34. The van der Waals surface area contributed by atoms with Crippen molar-refractivity contribution >= 4 is 11.6 Å². The van der Waals surface area contributed by atoms with Crippen LogP contribution >= 0.6 is 0 Å². The van der Waals surface area contributed by atoms with E-state index in [0.717, 1.165) is 0 Å². The summed E-state index contributed by atoms with van der Waals surface area (Å²) in [4.78, 5) is 21.2. The Balaban J connectivity index is 2.62. The van der Waals surface area contributed by atoms with Gasteiger partial charge < -0.3 is 4.74 Å². The molecule has 1 aliphatic heterocycles. The summed E-state index contributed by atoms with van der Waals surface area (Å²) in [7, 11) is 0. The third kappa shape index (κ3) is 1.16. The molecule has 1 fully saturated rings. The molecular formula is C6H8O3. The van der Waals surface area contributed by atoms with Crippen molar-refractivity contribution in [2.45, 2.75) is 19.4 Å². The lowest BCUT2D eigenvalue weighted by atomic mass is 10.1. The van der Waals surface area contributed by atoms with E-state index in [9.17, 15) is 9.59 Å². The van der Waals surface area contributed by atoms with Crippen molar-refractivity contribution < 1.29 is 14.3 Å². The van der Waals surface area contributed by atoms with Crippen LogP contribution in [0.1, 0.15) is 13.3 Å². The van der Waals surface area contributed by atoms with Gasteiger partial charge in [0.05, 0.1) is 6.61 Å². The largest absolute Gasteiger partial charge is 0.370 e. The first-order chi connectivity index (χ1) is 4.22. The lowest BCUT2D eigenvalue weighted by Crippen LogP contribution is -2.34. The second kappa shape index (κ2) is 2.27. The lowest BCUT2D eigenvalue weighted by molar-refractivity contribution is -0.148. The average Bonchev–Trinajstić information content (AvgIpc) is 1.83. The Kier molecular flexibility index (Phi) is 1.62. The second-order valence-corrected chi connectivity index (χ2v) is 2.05. The van der Waals surface area contributed by atoms with Gasteiger partial charge in [-0.25, -0.2) is 0 Å². The second-order valence-electron chi connectivity index (χ2n) is 2.05. The minimum absolute atomic E-state index is 0.253. The fourth-order valence-electron chi connectivity index (χ4n) is 0.754. The Morgan fingerprint density at radius 3 is 2.67 bits per heavy atom. The molecule has 3 nitrogen and oxygen atoms in total. The standard InChI is InChI=1S/C6H8O3/c1-4-6(8)5(7)2-3-9-4/h4H,2-3H2,1H3. The SMILES string of the molecule is CC1OCCC(=O)C1=O. The molecule has 0 spiro atoms. The normalized spacial score (nSPS) is 28.8. The smallest absolute Gasteiger partial charge is 0.226 e. The molecule has 1 unspecified atom stereocenters. The molecular weight excluding hydrogens is 120 g/mol. The monoisotopic (exact) mass is 128 g/mol. The number of hydrogen-bond acceptors (Lipinski definition) is 3. The third-order valence-corrected chi connectivity index (χ3v) is 1.34. The molecule has 0 aliphatic carbocycles. The molecule has 0 saturated carbocycles. The number of hydrogen-bond donors (Lipinski definition) is 0. The molecule has 1 atom stereocenters. The van der Waals surface area contributed by atoms with Gasteiger partial charge in [-0.2, -0.15) is 0 Å². The van der Waals surface area contributed by atoms with Crippen molar-refractivity contribution in [1.82, 2.24) is 0 Å². The molecule has 0 radical (unpaired) electrons. The van der Waals surface area contributed by atoms with Gasteiger partial charge in [0, 0.05) is 6.42 Å². The quantitative estimate of drug-likeness (QED) is 0.429. The highest BCUT2D eigenvalue weighted by Gasteiger charge is 2.25. The van der Waals surface area contributed by atoms with Gasteiger partial charge in [0.25, 0.3) is 0 Å². The lowest BCUT2D eigenvalue weighted by Gasteiger charge is -2.15. The fourth-order valence-corrected chi connectivity index (χ4v) is 0.754. The van der Waals surface area contributed by atoms with E-state index < -0.39 is 6.10 Å². The van der Waals surface area contributed by atoms with Gasteiger partial charge >= 0.3 is 0 Å². The minimum Gasteiger partial charge on any atom is -0.370 e. The van der Waals surface area contributed by atoms with Crippen molar-refractivity contribution in [3.63, 3.8) is 0 Å². The molecule has 1 aliphatic rings. The number of rotatable bonds is 0. The van der Waals surface area contributed by atoms with Gasteiger partial charge in [-0.3, -0.25) is 9.59 Å². The molecule has 9 heavy (non-hydrogen) atoms. The molecule has 0 aromatic heterocycles. The Morgan fingerprint density at radius 1 is 1.56 bits per heavy atom. The van der Waals surface area contributed by atoms with Crippen molar-refractivity contribution in [3.05, 3.63) is 0 Å². The maximum Gasteiger partial charge on any atom is 0.226 e. The Bertz CT molecular complexity index is 150. The van der Waals surface area contributed by atoms with E-state index in [1.165, 1.54) is 0 Å². The van der Waals surface area contributed by atoms with Gasteiger partial charge in [0.2, 0.25) is 11.6 Å². The number of ether oxygens (including phenoxy) is 1. The summed E-state index contributed by atoms with van der Waals surface area (Å²) in [6.45, 7) is 1.99. The molecule has 0 aromatic carbocycles. The van der Waals surface area contributed by atoms with Crippen LogP contribution in [0.25, 0.3) is 0 Å². The maximum atomic E-state index is 10.7. The van der Waals surface area contributed by atoms with E-state index in [4.69, 9.17) is 4.74 Å². The molecule has 1 heterocycles. The average molecular weight is 128 g/mol. The highest BCUT2D eigenvalue weighted by molar-refractivity contribution is 6.39. The van der Waals surface area contributed by atoms with Crippen LogP contribution in [0.5, 0.6) is 0 Å². The minimum atomic E-state index is -0.508. The van der Waals surface area contributed by atoms with Gasteiger partial charge in [-0.15, -0.1) is 0 Å². The zero-order chi connectivity index (χ0) is 6.85. The number of ketones is 2. The molecule has 1 saturated heterocycles. The molecule has 0 bridgehead atoms. The van der Waals surface area contributed by atoms with Crippen LogP contribution < -0.4 is 0 Å². The Morgan fingerprint density at radius 2 is 2.22 bits per heavy atom. The van der Waals surface area contributed by atoms with Crippen molar-refractivity contribution in [1.29, 1.82) is 0 Å². The van der Waals surface area contributed by atoms with E-state index in [0.29, 0.717) is 6.61 Å². The molecule has 1 rings (SSSR count). The fraction of sp³-hybridized carbons (Fsp3) is 0.667. The van der Waals surface area contributed by atoms with Crippen LogP contribution in [0.15, 0.2) is 0 Å². The summed E-state index contributed by atoms with van der Waals surface area (Å²) in [5.41, 5.74) is 0. The summed E-state index contributed by atoms with van der Waals surface area (Å²) in [5, 5.41) is 0. The van der Waals surface area contributed by atoms with Gasteiger partial charge in [0.15, 0.2) is 0 Å². The molecule has 0 N–H and O–H groups in total. The van der Waals surface area contributed by atoms with E-state index in [1.54, 1.807) is 6.92 Å². The number of carbonyl (C=O) groups excluding carboxylic acids is 2. The van der Waals surface area contributed by atoms with Gasteiger partial charge in [0.1, 0.15) is 6.10 Å². The molecule has 50 valence electrons. The summed E-state index contributed by atoms with van der Waals surface area (Å²) >= 11 is 0. The number of carbonyl (C=O) groups is 2. The highest BCUT2D eigenvalue weighted by Crippen LogP contribution is 2.03. The predicted octanol–water partition coefficient (Wildman–Crippen LogP) is -0.0666. The van der Waals surface area contributed by atoms with Crippen LogP contribution in [-0.2, 0) is 14.3 Å². The van der Waals surface area contributed by atoms with Crippen LogP contribution in [0, 0.1) is 0 Å². The predicted molar refractivity (Wildman–Crippen MR) is 30.0 cm³/mol. The molecule has 3 heteroatoms. The van der Waals surface area contributed by atoms with Crippen molar-refractivity contribution in [2.24, 2.45) is 0 Å². The zero-order valence-electron chi connectivity index (χ0n) is 5.22. The van der Waals surface area contributed by atoms with E-state index in [-0.39, 0.29) is 18.0 Å². The molecule has 0 aromatic rings. The van der Waals surface area contributed by atoms with E-state index in [1.807, 2.05) is 0 Å². The van der Waals surface area contributed by atoms with Crippen LogP contribution in [0.4, 0.5) is 0 Å². The summed E-state index contributed by atoms with van der Waals surface area (Å²) < 4.78 is 4.89. The van der Waals surface area contributed by atoms with E-state index >= 15 is 0 Å². The first-order valence-electron chi connectivity index (χ1n) is 2.90. The first kappa shape index (κ1) is 6.42. The summed E-state index contributed by atoms with van der Waals surface area (Å²) in [6, 6.07) is 0. The zero-order valence-corrected chi connectivity index (χ0v) is 5.22. The highest BCUT2D eigenvalue weighted by atomic mass is 16.5. The Hall–Kier alpha value is -0.700.